The Kier molecular flexibility index (Phi) is 9.60. The van der Waals surface area contributed by atoms with Gasteiger partial charge in [0.2, 0.25) is 17.5 Å². The SMILES string of the molecule is [C-]#[N+]c1ccc(N2CC3(CCN(c4ccc(N5CCC(N(C)C6CN(c7ccc8c(c7)C(=O)N(C7CCC(=O)NC7=O)C8=O)C6)CC5)nc4)CC3)C[C@@H]2C)cc1Cl. The molecule has 6 aliphatic heterocycles. The third kappa shape index (κ3) is 6.76. The molecule has 2 aromatic carbocycles. The molecule has 14 heteroatoms. The summed E-state index contributed by atoms with van der Waals surface area (Å²) in [5.41, 5.74) is 4.60. The number of fused-ring (bicyclic) bond motifs is 1. The number of nitrogens with zero attached hydrogens (tertiary/aromatic N) is 8. The van der Waals surface area contributed by atoms with Crippen molar-refractivity contribution in [3.05, 3.63) is 82.3 Å². The first-order chi connectivity index (χ1) is 27.5. The predicted molar refractivity (Wildman–Crippen MR) is 219 cm³/mol. The van der Waals surface area contributed by atoms with Gasteiger partial charge in [-0.05, 0) is 100 Å². The lowest BCUT2D eigenvalue weighted by molar-refractivity contribution is -0.136. The number of carbonyl (C=O) groups excluding carboxylic acids is 4. The normalized spacial score (nSPS) is 24.0. The van der Waals surface area contributed by atoms with E-state index in [1.54, 1.807) is 12.1 Å². The minimum atomic E-state index is -0.964. The summed E-state index contributed by atoms with van der Waals surface area (Å²) < 4.78 is 0. The number of rotatable bonds is 7. The Hall–Kier alpha value is -5.19. The van der Waals surface area contributed by atoms with Crippen molar-refractivity contribution in [1.29, 1.82) is 0 Å². The number of benzene rings is 2. The fraction of sp³-hybridized carbons (Fsp3) is 0.488. The molecule has 2 atom stereocenters. The number of anilines is 4. The number of likely N-dealkylation sites (N-methyl/N-ethyl adjacent to an activating group) is 1. The van der Waals surface area contributed by atoms with Gasteiger partial charge in [0.15, 0.2) is 0 Å². The number of pyridine rings is 1. The molecule has 6 aliphatic rings. The number of halogens is 1. The summed E-state index contributed by atoms with van der Waals surface area (Å²) in [6.07, 6.45) is 7.86. The van der Waals surface area contributed by atoms with Crippen LogP contribution in [0.4, 0.5) is 28.6 Å². The molecule has 9 rings (SSSR count). The largest absolute Gasteiger partial charge is 0.370 e. The van der Waals surface area contributed by atoms with Crippen molar-refractivity contribution in [2.24, 2.45) is 5.41 Å². The number of hydrogen-bond donors (Lipinski definition) is 1. The molecular weight excluding hydrogens is 742 g/mol. The first-order valence-corrected chi connectivity index (χ1v) is 20.6. The third-order valence-electron chi connectivity index (χ3n) is 13.7. The molecule has 1 N–H and O–H groups in total. The maximum Gasteiger partial charge on any atom is 0.262 e. The number of imide groups is 2. The quantitative estimate of drug-likeness (QED) is 0.248. The van der Waals surface area contributed by atoms with E-state index in [4.69, 9.17) is 23.2 Å². The molecule has 0 bridgehead atoms. The second-order valence-electron chi connectivity index (χ2n) is 16.9. The average molecular weight is 790 g/mol. The number of piperidine rings is 3. The van der Waals surface area contributed by atoms with E-state index in [-0.39, 0.29) is 24.2 Å². The van der Waals surface area contributed by atoms with Crippen molar-refractivity contribution >= 4 is 63.8 Å². The lowest BCUT2D eigenvalue weighted by atomic mass is 9.76. The van der Waals surface area contributed by atoms with Gasteiger partial charge in [0.05, 0.1) is 29.6 Å². The Bertz CT molecular complexity index is 2150. The van der Waals surface area contributed by atoms with Gasteiger partial charge in [-0.25, -0.2) is 9.83 Å². The summed E-state index contributed by atoms with van der Waals surface area (Å²) >= 11 is 6.40. The van der Waals surface area contributed by atoms with Crippen LogP contribution in [0.5, 0.6) is 0 Å². The second kappa shape index (κ2) is 14.6. The zero-order valence-electron chi connectivity index (χ0n) is 32.5. The van der Waals surface area contributed by atoms with Crippen molar-refractivity contribution in [3.63, 3.8) is 0 Å². The zero-order chi connectivity index (χ0) is 39.6. The molecule has 0 aliphatic carbocycles. The van der Waals surface area contributed by atoms with E-state index in [9.17, 15) is 19.2 Å². The average Bonchev–Trinajstić information content (AvgIpc) is 3.65. The maximum absolute atomic E-state index is 13.3. The highest BCUT2D eigenvalue weighted by Crippen LogP contribution is 2.46. The smallest absolute Gasteiger partial charge is 0.262 e. The molecule has 7 heterocycles. The van der Waals surface area contributed by atoms with Crippen LogP contribution in [0.1, 0.15) is 72.6 Å². The fourth-order valence-electron chi connectivity index (χ4n) is 10.2. The maximum atomic E-state index is 13.3. The van der Waals surface area contributed by atoms with Crippen molar-refractivity contribution in [3.8, 4) is 0 Å². The Balaban J connectivity index is 0.739. The highest BCUT2D eigenvalue weighted by Gasteiger charge is 2.46. The van der Waals surface area contributed by atoms with Gasteiger partial charge in [0, 0.05) is 86.8 Å². The van der Waals surface area contributed by atoms with E-state index >= 15 is 0 Å². The molecule has 1 aromatic heterocycles. The van der Waals surface area contributed by atoms with E-state index in [1.165, 1.54) is 12.1 Å². The standard InChI is InChI=1S/C43H48ClN9O4/c1-27-22-43(26-52(27)30-5-8-36(45-2)35(44)21-30)14-18-49(19-15-43)31-6-10-38(46-23-31)50-16-12-28(13-17-50)48(3)32-24-51(25-32)29-4-7-33-34(20-29)42(57)53(41(33)56)37-9-11-39(54)47-40(37)55/h4-8,10,20-21,23,27-28,32,37H,9,11-19,22,24-26H2,1,3H3,(H,47,54,55)/t27-,37?/m0/s1. The Morgan fingerprint density at radius 1 is 0.842 bits per heavy atom. The highest BCUT2D eigenvalue weighted by molar-refractivity contribution is 6.33. The number of hydrogen-bond acceptors (Lipinski definition) is 10. The van der Waals surface area contributed by atoms with Gasteiger partial charge in [0.25, 0.3) is 11.8 Å². The third-order valence-corrected chi connectivity index (χ3v) is 14.0. The lowest BCUT2D eigenvalue weighted by Crippen LogP contribution is -2.61. The van der Waals surface area contributed by atoms with E-state index in [0.717, 1.165) is 93.6 Å². The second-order valence-corrected chi connectivity index (χ2v) is 17.3. The summed E-state index contributed by atoms with van der Waals surface area (Å²) in [4.78, 5) is 72.1. The van der Waals surface area contributed by atoms with Crippen molar-refractivity contribution in [2.45, 2.75) is 76.0 Å². The Labute approximate surface area is 338 Å². The van der Waals surface area contributed by atoms with Crippen LogP contribution in [0.25, 0.3) is 4.85 Å². The first kappa shape index (κ1) is 37.4. The van der Waals surface area contributed by atoms with E-state index in [1.807, 2.05) is 30.5 Å². The number of nitrogens with one attached hydrogen (secondary N) is 1. The van der Waals surface area contributed by atoms with Crippen LogP contribution >= 0.6 is 11.6 Å². The number of aromatic nitrogens is 1. The molecule has 0 saturated carbocycles. The minimum Gasteiger partial charge on any atom is -0.370 e. The Morgan fingerprint density at radius 2 is 1.56 bits per heavy atom. The van der Waals surface area contributed by atoms with Crippen LogP contribution in [0.2, 0.25) is 5.02 Å². The van der Waals surface area contributed by atoms with Crippen molar-refractivity contribution in [1.82, 2.24) is 20.1 Å². The summed E-state index contributed by atoms with van der Waals surface area (Å²) in [5.74, 6) is -0.905. The van der Waals surface area contributed by atoms with Gasteiger partial charge in [-0.3, -0.25) is 34.3 Å². The van der Waals surface area contributed by atoms with E-state index < -0.39 is 23.8 Å². The number of carbonyl (C=O) groups is 4. The molecule has 4 amide bonds. The zero-order valence-corrected chi connectivity index (χ0v) is 33.2. The van der Waals surface area contributed by atoms with Gasteiger partial charge in [-0.15, -0.1) is 0 Å². The summed E-state index contributed by atoms with van der Waals surface area (Å²) in [6.45, 7) is 16.2. The summed E-state index contributed by atoms with van der Waals surface area (Å²) in [5, 5.41) is 2.78. The van der Waals surface area contributed by atoms with Crippen molar-refractivity contribution in [2.75, 3.05) is 72.5 Å². The molecule has 1 unspecified atom stereocenters. The molecule has 5 saturated heterocycles. The molecule has 57 heavy (non-hydrogen) atoms. The van der Waals surface area contributed by atoms with Crippen LogP contribution in [-0.2, 0) is 9.59 Å². The molecule has 1 spiro atoms. The van der Waals surface area contributed by atoms with Gasteiger partial charge < -0.3 is 19.6 Å². The van der Waals surface area contributed by atoms with Crippen LogP contribution in [0, 0.1) is 12.0 Å². The van der Waals surface area contributed by atoms with Gasteiger partial charge in [-0.1, -0.05) is 17.7 Å². The van der Waals surface area contributed by atoms with E-state index in [0.29, 0.717) is 40.0 Å². The molecule has 296 valence electrons. The van der Waals surface area contributed by atoms with Crippen LogP contribution < -0.4 is 24.9 Å². The topological polar surface area (TPSA) is 117 Å². The van der Waals surface area contributed by atoms with Crippen LogP contribution in [-0.4, -0.2) is 115 Å². The first-order valence-electron chi connectivity index (χ1n) is 20.2. The van der Waals surface area contributed by atoms with Gasteiger partial charge >= 0.3 is 0 Å². The highest BCUT2D eigenvalue weighted by atomic mass is 35.5. The van der Waals surface area contributed by atoms with Gasteiger partial charge in [0.1, 0.15) is 11.9 Å². The minimum absolute atomic E-state index is 0.0996. The number of amides is 4. The fourth-order valence-corrected chi connectivity index (χ4v) is 10.4. The molecule has 0 radical (unpaired) electrons. The van der Waals surface area contributed by atoms with E-state index in [2.05, 4.69) is 60.8 Å². The Morgan fingerprint density at radius 3 is 2.25 bits per heavy atom. The lowest BCUT2D eigenvalue weighted by Gasteiger charge is -2.49. The predicted octanol–water partition coefficient (Wildman–Crippen LogP) is 5.36. The molecular formula is C43H48ClN9O4. The molecule has 13 nitrogen and oxygen atoms in total. The monoisotopic (exact) mass is 789 g/mol. The van der Waals surface area contributed by atoms with Gasteiger partial charge in [-0.2, -0.15) is 0 Å². The summed E-state index contributed by atoms with van der Waals surface area (Å²) in [6, 6.07) is 15.9. The molecule has 3 aromatic rings. The summed E-state index contributed by atoms with van der Waals surface area (Å²) in [7, 11) is 2.22. The molecule has 5 fully saturated rings. The van der Waals surface area contributed by atoms with Crippen LogP contribution in [0.15, 0.2) is 54.7 Å². The van der Waals surface area contributed by atoms with Crippen LogP contribution in [0.3, 0.4) is 0 Å². The van der Waals surface area contributed by atoms with Crippen molar-refractivity contribution < 1.29 is 19.2 Å².